The quantitative estimate of drug-likeness (QED) is 0.857. The monoisotopic (exact) mass is 351 g/mol. The summed E-state index contributed by atoms with van der Waals surface area (Å²) in [6, 6.07) is 11.0. The van der Waals surface area contributed by atoms with E-state index in [0.717, 1.165) is 23.6 Å². The minimum absolute atomic E-state index is 0.191. The van der Waals surface area contributed by atoms with Gasteiger partial charge in [-0.2, -0.15) is 0 Å². The van der Waals surface area contributed by atoms with Crippen molar-refractivity contribution in [3.8, 4) is 11.1 Å². The first-order valence-electron chi connectivity index (χ1n) is 9.13. The van der Waals surface area contributed by atoms with Crippen LogP contribution in [0.25, 0.3) is 11.1 Å². The predicted octanol–water partition coefficient (Wildman–Crippen LogP) is 3.10. The molecule has 2 aromatic rings. The van der Waals surface area contributed by atoms with Gasteiger partial charge in [-0.3, -0.25) is 4.90 Å². The number of carbonyl (C=O) groups is 1. The summed E-state index contributed by atoms with van der Waals surface area (Å²) in [5.41, 5.74) is 9.76. The zero-order valence-electron chi connectivity index (χ0n) is 15.5. The number of ether oxygens (including phenoxy) is 1. The lowest BCUT2D eigenvalue weighted by molar-refractivity contribution is 0.0601. The van der Waals surface area contributed by atoms with Crippen LogP contribution in [0.2, 0.25) is 0 Å². The van der Waals surface area contributed by atoms with Gasteiger partial charge in [-0.25, -0.2) is 9.78 Å². The van der Waals surface area contributed by atoms with E-state index in [2.05, 4.69) is 48.0 Å². The summed E-state index contributed by atoms with van der Waals surface area (Å²) in [4.78, 5) is 18.6. The van der Waals surface area contributed by atoms with E-state index in [1.807, 2.05) is 0 Å². The van der Waals surface area contributed by atoms with Crippen LogP contribution in [0.5, 0.6) is 0 Å². The smallest absolute Gasteiger partial charge is 0.341 e. The minimum Gasteiger partial charge on any atom is -0.465 e. The van der Waals surface area contributed by atoms with E-state index in [4.69, 9.17) is 10.5 Å². The van der Waals surface area contributed by atoms with Gasteiger partial charge in [0, 0.05) is 36.3 Å². The van der Waals surface area contributed by atoms with Crippen LogP contribution in [-0.2, 0) is 10.2 Å². The van der Waals surface area contributed by atoms with Gasteiger partial charge in [-0.1, -0.05) is 24.3 Å². The molecule has 4 rings (SSSR count). The Labute approximate surface area is 154 Å². The summed E-state index contributed by atoms with van der Waals surface area (Å²) in [7, 11) is 1.34. The molecule has 2 aliphatic rings. The average Bonchev–Trinajstić information content (AvgIpc) is 3.22. The lowest BCUT2D eigenvalue weighted by Crippen LogP contribution is -2.32. The van der Waals surface area contributed by atoms with Crippen molar-refractivity contribution in [3.05, 3.63) is 47.7 Å². The molecule has 5 nitrogen and oxygen atoms in total. The number of likely N-dealkylation sites (tertiary alicyclic amines) is 1. The summed E-state index contributed by atoms with van der Waals surface area (Å²) < 4.78 is 4.78. The Balaban J connectivity index is 1.59. The number of nitrogen functional groups attached to an aromatic ring is 1. The maximum absolute atomic E-state index is 11.8. The normalized spacial score (nSPS) is 24.5. The van der Waals surface area contributed by atoms with Gasteiger partial charge in [0.1, 0.15) is 11.4 Å². The largest absolute Gasteiger partial charge is 0.465 e. The van der Waals surface area contributed by atoms with Gasteiger partial charge in [0.15, 0.2) is 0 Å². The molecular formula is C21H25N3O2. The summed E-state index contributed by atoms with van der Waals surface area (Å²) >= 11 is 0. The van der Waals surface area contributed by atoms with Gasteiger partial charge < -0.3 is 10.5 Å². The number of nitrogens with zero attached hydrogens (tertiary/aromatic N) is 2. The third-order valence-corrected chi connectivity index (χ3v) is 6.02. The maximum Gasteiger partial charge on any atom is 0.341 e. The fourth-order valence-electron chi connectivity index (χ4n) is 4.26. The van der Waals surface area contributed by atoms with Gasteiger partial charge in [0.2, 0.25) is 0 Å². The van der Waals surface area contributed by atoms with Crippen molar-refractivity contribution >= 4 is 11.8 Å². The Kier molecular flexibility index (Phi) is 3.99. The number of esters is 1. The number of rotatable bonds is 4. The fraction of sp³-hybridized carbons (Fsp3) is 0.429. The first-order valence-corrected chi connectivity index (χ1v) is 9.13. The van der Waals surface area contributed by atoms with Crippen molar-refractivity contribution in [1.82, 2.24) is 9.88 Å². The van der Waals surface area contributed by atoms with E-state index in [1.165, 1.54) is 25.6 Å². The van der Waals surface area contributed by atoms with Crippen LogP contribution in [0.1, 0.15) is 36.2 Å². The Morgan fingerprint density at radius 1 is 1.31 bits per heavy atom. The number of hydrogen-bond donors (Lipinski definition) is 1. The van der Waals surface area contributed by atoms with E-state index in [-0.39, 0.29) is 5.82 Å². The highest BCUT2D eigenvalue weighted by Crippen LogP contribution is 2.59. The second-order valence-electron chi connectivity index (χ2n) is 7.81. The lowest BCUT2D eigenvalue weighted by Gasteiger charge is -2.24. The van der Waals surface area contributed by atoms with Gasteiger partial charge in [-0.05, 0) is 43.4 Å². The highest BCUT2D eigenvalue weighted by Gasteiger charge is 2.60. The summed E-state index contributed by atoms with van der Waals surface area (Å²) in [6.45, 7) is 6.91. The molecule has 0 bridgehead atoms. The SMILES string of the molecule is COC(=O)c1cc(-c2ccc([C@]34C[C@H]3CN(C(C)C)C4)cc2)cnc1N. The van der Waals surface area contributed by atoms with Gasteiger partial charge in [0.05, 0.1) is 7.11 Å². The number of pyridine rings is 1. The number of piperidine rings is 1. The topological polar surface area (TPSA) is 68.5 Å². The fourth-order valence-corrected chi connectivity index (χ4v) is 4.26. The molecule has 2 atom stereocenters. The Morgan fingerprint density at radius 3 is 2.65 bits per heavy atom. The van der Waals surface area contributed by atoms with Crippen molar-refractivity contribution in [3.63, 3.8) is 0 Å². The van der Waals surface area contributed by atoms with E-state index in [0.29, 0.717) is 17.0 Å². The average molecular weight is 351 g/mol. The number of fused-ring (bicyclic) bond motifs is 1. The Hall–Kier alpha value is -2.40. The number of nitrogens with two attached hydrogens (primary N) is 1. The summed E-state index contributed by atoms with van der Waals surface area (Å²) in [5, 5.41) is 0. The first kappa shape index (κ1) is 17.0. The highest BCUT2D eigenvalue weighted by molar-refractivity contribution is 5.95. The van der Waals surface area contributed by atoms with Crippen molar-refractivity contribution < 1.29 is 9.53 Å². The minimum atomic E-state index is -0.465. The van der Waals surface area contributed by atoms with Crippen molar-refractivity contribution in [1.29, 1.82) is 0 Å². The molecule has 0 radical (unpaired) electrons. The van der Waals surface area contributed by atoms with Gasteiger partial charge in [0.25, 0.3) is 0 Å². The summed E-state index contributed by atoms with van der Waals surface area (Å²) in [5.74, 6) is 0.518. The third-order valence-electron chi connectivity index (χ3n) is 6.02. The molecule has 1 aromatic carbocycles. The van der Waals surface area contributed by atoms with Crippen LogP contribution in [0.3, 0.4) is 0 Å². The van der Waals surface area contributed by atoms with Crippen LogP contribution in [0, 0.1) is 5.92 Å². The zero-order chi connectivity index (χ0) is 18.5. The summed E-state index contributed by atoms with van der Waals surface area (Å²) in [6.07, 6.45) is 3.00. The van der Waals surface area contributed by atoms with Crippen molar-refractivity contribution in [2.24, 2.45) is 5.92 Å². The molecule has 26 heavy (non-hydrogen) atoms. The number of anilines is 1. The van der Waals surface area contributed by atoms with E-state index in [9.17, 15) is 4.79 Å². The molecule has 0 spiro atoms. The molecular weight excluding hydrogens is 326 g/mol. The number of hydrogen-bond acceptors (Lipinski definition) is 5. The van der Waals surface area contributed by atoms with Crippen LogP contribution in [0.4, 0.5) is 5.82 Å². The second-order valence-corrected chi connectivity index (χ2v) is 7.81. The van der Waals surface area contributed by atoms with Gasteiger partial charge in [-0.15, -0.1) is 0 Å². The predicted molar refractivity (Wildman–Crippen MR) is 102 cm³/mol. The second kappa shape index (κ2) is 6.09. The van der Waals surface area contributed by atoms with Crippen LogP contribution in [0.15, 0.2) is 36.5 Å². The molecule has 1 aliphatic carbocycles. The molecule has 1 saturated carbocycles. The molecule has 0 unspecified atom stereocenters. The molecule has 0 amide bonds. The molecule has 136 valence electrons. The number of carbonyl (C=O) groups excluding carboxylic acids is 1. The van der Waals surface area contributed by atoms with Crippen LogP contribution in [-0.4, -0.2) is 42.1 Å². The van der Waals surface area contributed by atoms with Crippen LogP contribution >= 0.6 is 0 Å². The molecule has 1 aromatic heterocycles. The van der Waals surface area contributed by atoms with Gasteiger partial charge >= 0.3 is 5.97 Å². The molecule has 2 N–H and O–H groups in total. The number of aromatic nitrogens is 1. The maximum atomic E-state index is 11.8. The molecule has 1 aliphatic heterocycles. The molecule has 2 heterocycles. The Morgan fingerprint density at radius 2 is 2.04 bits per heavy atom. The highest BCUT2D eigenvalue weighted by atomic mass is 16.5. The first-order chi connectivity index (χ1) is 12.4. The van der Waals surface area contributed by atoms with E-state index in [1.54, 1.807) is 12.3 Å². The van der Waals surface area contributed by atoms with E-state index >= 15 is 0 Å². The van der Waals surface area contributed by atoms with Crippen molar-refractivity contribution in [2.45, 2.75) is 31.7 Å². The third kappa shape index (κ3) is 2.67. The van der Waals surface area contributed by atoms with E-state index < -0.39 is 5.97 Å². The molecule has 1 saturated heterocycles. The zero-order valence-corrected chi connectivity index (χ0v) is 15.5. The molecule has 2 fully saturated rings. The standard InChI is InChI=1S/C21H25N3O2/c1-13(2)24-11-17-9-21(17,12-24)16-6-4-14(5-7-16)15-8-18(20(25)26-3)19(22)23-10-15/h4-8,10,13,17H,9,11-12H2,1-3H3,(H2,22,23)/t17-,21+/m0/s1. The lowest BCUT2D eigenvalue weighted by atomic mass is 9.93. The molecule has 5 heteroatoms. The number of benzene rings is 1. The van der Waals surface area contributed by atoms with Crippen LogP contribution < -0.4 is 5.73 Å². The van der Waals surface area contributed by atoms with Crippen molar-refractivity contribution in [2.75, 3.05) is 25.9 Å². The number of methoxy groups -OCH3 is 1. The Bertz CT molecular complexity index is 847.